The van der Waals surface area contributed by atoms with Crippen LogP contribution < -0.4 is 10.6 Å². The zero-order valence-corrected chi connectivity index (χ0v) is 13.8. The average Bonchev–Trinajstić information content (AvgIpc) is 2.55. The Morgan fingerprint density at radius 2 is 1.61 bits per heavy atom. The lowest BCUT2D eigenvalue weighted by atomic mass is 10.3. The van der Waals surface area contributed by atoms with E-state index in [1.165, 1.54) is 0 Å². The minimum absolute atomic E-state index is 0.285. The van der Waals surface area contributed by atoms with Crippen LogP contribution in [0.3, 0.4) is 0 Å². The Kier molecular flexibility index (Phi) is 15.5. The molecule has 0 aliphatic rings. The molecule has 2 amide bonds. The van der Waals surface area contributed by atoms with Crippen molar-refractivity contribution < 1.29 is 28.6 Å². The molecule has 0 aromatic carbocycles. The summed E-state index contributed by atoms with van der Waals surface area (Å²) in [7, 11) is 0. The molecule has 0 spiro atoms. The van der Waals surface area contributed by atoms with Gasteiger partial charge in [-0.2, -0.15) is 0 Å². The normalized spacial score (nSPS) is 10.1. The highest BCUT2D eigenvalue weighted by atomic mass is 16.6. The van der Waals surface area contributed by atoms with Gasteiger partial charge in [0.15, 0.2) is 6.61 Å². The van der Waals surface area contributed by atoms with Gasteiger partial charge in [-0.1, -0.05) is 13.3 Å². The fraction of sp³-hybridized carbons (Fsp3) is 0.800. The molecular formula is C15H28N2O6. The van der Waals surface area contributed by atoms with Crippen LogP contribution in [0.5, 0.6) is 0 Å². The lowest BCUT2D eigenvalue weighted by Gasteiger charge is -2.08. The van der Waals surface area contributed by atoms with Crippen LogP contribution in [0.1, 0.15) is 32.6 Å². The Labute approximate surface area is 137 Å². The molecule has 0 aliphatic heterocycles. The number of rotatable bonds is 15. The van der Waals surface area contributed by atoms with Crippen LogP contribution >= 0.6 is 0 Å². The molecule has 8 heteroatoms. The number of alkyl carbamates (subject to hydrolysis) is 1. The van der Waals surface area contributed by atoms with Crippen molar-refractivity contribution in [1.82, 2.24) is 10.6 Å². The van der Waals surface area contributed by atoms with Crippen molar-refractivity contribution in [2.75, 3.05) is 46.1 Å². The minimum atomic E-state index is -0.671. The summed E-state index contributed by atoms with van der Waals surface area (Å²) in [6.07, 6.45) is 3.36. The molecule has 0 atom stereocenters. The van der Waals surface area contributed by atoms with Crippen molar-refractivity contribution >= 4 is 18.3 Å². The van der Waals surface area contributed by atoms with Crippen molar-refractivity contribution in [2.24, 2.45) is 0 Å². The molecular weight excluding hydrogens is 304 g/mol. The topological polar surface area (TPSA) is 103 Å². The van der Waals surface area contributed by atoms with Gasteiger partial charge in [0.05, 0.1) is 13.2 Å². The van der Waals surface area contributed by atoms with E-state index in [0.29, 0.717) is 45.8 Å². The number of aldehydes is 1. The first-order valence-corrected chi connectivity index (χ1v) is 7.97. The van der Waals surface area contributed by atoms with Gasteiger partial charge < -0.3 is 29.6 Å². The number of ether oxygens (including phenoxy) is 3. The first kappa shape index (κ1) is 21.3. The molecule has 0 fully saturated rings. The van der Waals surface area contributed by atoms with Gasteiger partial charge in [-0.25, -0.2) is 4.79 Å². The summed E-state index contributed by atoms with van der Waals surface area (Å²) >= 11 is 0. The van der Waals surface area contributed by atoms with Crippen molar-refractivity contribution in [3.8, 4) is 0 Å². The number of unbranched alkanes of at least 4 members (excludes halogenated alkanes) is 2. The van der Waals surface area contributed by atoms with Gasteiger partial charge in [-0.3, -0.25) is 4.79 Å². The van der Waals surface area contributed by atoms with E-state index in [4.69, 9.17) is 14.2 Å². The largest absolute Gasteiger partial charge is 0.439 e. The molecule has 0 radical (unpaired) electrons. The molecule has 0 aromatic rings. The summed E-state index contributed by atoms with van der Waals surface area (Å²) in [5, 5.41) is 5.05. The Balaban J connectivity index is 3.36. The third-order valence-corrected chi connectivity index (χ3v) is 2.67. The number of hydrogen-bond acceptors (Lipinski definition) is 6. The minimum Gasteiger partial charge on any atom is -0.439 e. The number of amides is 2. The highest BCUT2D eigenvalue weighted by Gasteiger charge is 2.06. The maximum Gasteiger partial charge on any atom is 0.407 e. The zero-order chi connectivity index (χ0) is 17.2. The third-order valence-electron chi connectivity index (χ3n) is 2.67. The molecule has 0 saturated carbocycles. The number of nitrogens with one attached hydrogen (secondary N) is 2. The van der Waals surface area contributed by atoms with Crippen LogP contribution in [-0.2, 0) is 23.8 Å². The predicted molar refractivity (Wildman–Crippen MR) is 84.2 cm³/mol. The van der Waals surface area contributed by atoms with Gasteiger partial charge in [-0.05, 0) is 12.8 Å². The van der Waals surface area contributed by atoms with Gasteiger partial charge >= 0.3 is 6.09 Å². The Hall–Kier alpha value is -1.67. The second-order valence-corrected chi connectivity index (χ2v) is 4.74. The molecule has 0 unspecified atom stereocenters. The standard InChI is InChI=1S/C15H28N2O6/c1-2-3-9-21-11-6-16-14(19)13-23-15(20)17-7-12-22-10-5-4-8-18/h8H,2-7,9-13H2,1H3,(H,16,19)(H,17,20). The highest BCUT2D eigenvalue weighted by molar-refractivity contribution is 5.79. The Morgan fingerprint density at radius 1 is 0.957 bits per heavy atom. The van der Waals surface area contributed by atoms with Crippen molar-refractivity contribution in [3.05, 3.63) is 0 Å². The monoisotopic (exact) mass is 332 g/mol. The Bertz CT molecular complexity index is 325. The maximum atomic E-state index is 11.4. The fourth-order valence-electron chi connectivity index (χ4n) is 1.44. The summed E-state index contributed by atoms with van der Waals surface area (Å²) in [6.45, 7) is 4.35. The lowest BCUT2D eigenvalue weighted by molar-refractivity contribution is -0.124. The van der Waals surface area contributed by atoms with Crippen LogP contribution in [0, 0.1) is 0 Å². The van der Waals surface area contributed by atoms with Crippen molar-refractivity contribution in [3.63, 3.8) is 0 Å². The van der Waals surface area contributed by atoms with Crippen LogP contribution in [0.15, 0.2) is 0 Å². The molecule has 0 rings (SSSR count). The molecule has 0 bridgehead atoms. The van der Waals surface area contributed by atoms with E-state index in [1.54, 1.807) is 0 Å². The van der Waals surface area contributed by atoms with E-state index in [9.17, 15) is 14.4 Å². The number of carbonyl (C=O) groups is 3. The SMILES string of the molecule is CCCCOCCNC(=O)COC(=O)NCCOCCCC=O. The summed E-state index contributed by atoms with van der Waals surface area (Å²) in [5.41, 5.74) is 0. The summed E-state index contributed by atoms with van der Waals surface area (Å²) in [5.74, 6) is -0.371. The molecule has 0 aromatic heterocycles. The maximum absolute atomic E-state index is 11.4. The predicted octanol–water partition coefficient (Wildman–Crippen LogP) is 0.641. The molecule has 0 heterocycles. The smallest absolute Gasteiger partial charge is 0.407 e. The molecule has 23 heavy (non-hydrogen) atoms. The number of hydrogen-bond donors (Lipinski definition) is 2. The molecule has 8 nitrogen and oxygen atoms in total. The molecule has 0 saturated heterocycles. The van der Waals surface area contributed by atoms with Crippen LogP contribution in [0.2, 0.25) is 0 Å². The fourth-order valence-corrected chi connectivity index (χ4v) is 1.44. The second-order valence-electron chi connectivity index (χ2n) is 4.74. The van der Waals surface area contributed by atoms with Gasteiger partial charge in [0.1, 0.15) is 6.29 Å². The first-order chi connectivity index (χ1) is 11.2. The molecule has 134 valence electrons. The number of carbonyl (C=O) groups excluding carboxylic acids is 3. The van der Waals surface area contributed by atoms with E-state index in [1.807, 2.05) is 0 Å². The highest BCUT2D eigenvalue weighted by Crippen LogP contribution is 1.87. The lowest BCUT2D eigenvalue weighted by Crippen LogP contribution is -2.34. The van der Waals surface area contributed by atoms with E-state index in [2.05, 4.69) is 17.6 Å². The van der Waals surface area contributed by atoms with E-state index >= 15 is 0 Å². The quantitative estimate of drug-likeness (QED) is 0.337. The molecule has 0 aliphatic carbocycles. The second kappa shape index (κ2) is 16.7. The van der Waals surface area contributed by atoms with Gasteiger partial charge in [0.2, 0.25) is 0 Å². The van der Waals surface area contributed by atoms with Gasteiger partial charge in [0.25, 0.3) is 5.91 Å². The summed E-state index contributed by atoms with van der Waals surface area (Å²) in [4.78, 5) is 32.7. The van der Waals surface area contributed by atoms with Crippen molar-refractivity contribution in [2.45, 2.75) is 32.6 Å². The van der Waals surface area contributed by atoms with E-state index in [-0.39, 0.29) is 19.1 Å². The first-order valence-electron chi connectivity index (χ1n) is 7.97. The van der Waals surface area contributed by atoms with E-state index < -0.39 is 6.09 Å². The van der Waals surface area contributed by atoms with Crippen molar-refractivity contribution in [1.29, 1.82) is 0 Å². The van der Waals surface area contributed by atoms with Gasteiger partial charge in [0, 0.05) is 32.7 Å². The van der Waals surface area contributed by atoms with Crippen LogP contribution in [0.4, 0.5) is 4.79 Å². The van der Waals surface area contributed by atoms with Crippen LogP contribution in [0.25, 0.3) is 0 Å². The third kappa shape index (κ3) is 16.5. The van der Waals surface area contributed by atoms with Gasteiger partial charge in [-0.15, -0.1) is 0 Å². The Morgan fingerprint density at radius 3 is 2.26 bits per heavy atom. The average molecular weight is 332 g/mol. The van der Waals surface area contributed by atoms with Crippen LogP contribution in [-0.4, -0.2) is 64.4 Å². The van der Waals surface area contributed by atoms with E-state index in [0.717, 1.165) is 19.1 Å². The summed E-state index contributed by atoms with van der Waals surface area (Å²) in [6, 6.07) is 0. The zero-order valence-electron chi connectivity index (χ0n) is 13.8. The summed E-state index contributed by atoms with van der Waals surface area (Å²) < 4.78 is 15.2. The molecule has 2 N–H and O–H groups in total.